The maximum atomic E-state index is 12.2. The molecule has 16 nitrogen and oxygen atoms in total. The monoisotopic (exact) mass is 892 g/mol. The van der Waals surface area contributed by atoms with Crippen molar-refractivity contribution in [3.63, 3.8) is 0 Å². The molecule has 2 saturated heterocycles. The Bertz CT molecular complexity index is 2660. The van der Waals surface area contributed by atoms with Gasteiger partial charge in [0.2, 0.25) is 11.8 Å². The van der Waals surface area contributed by atoms with Crippen molar-refractivity contribution in [3.8, 4) is 22.3 Å². The van der Waals surface area contributed by atoms with Crippen LogP contribution in [0.4, 0.5) is 23.0 Å². The van der Waals surface area contributed by atoms with Crippen LogP contribution in [-0.2, 0) is 71.9 Å². The first kappa shape index (κ1) is 42.4. The second kappa shape index (κ2) is 16.9. The van der Waals surface area contributed by atoms with Crippen LogP contribution in [0.2, 0.25) is 0 Å². The number of anilines is 4. The van der Waals surface area contributed by atoms with E-state index in [1.54, 1.807) is 13.8 Å². The molecule has 0 spiro atoms. The number of hydrogen-bond acceptors (Lipinski definition) is 10. The minimum absolute atomic E-state index is 0.127. The van der Waals surface area contributed by atoms with Crippen LogP contribution in [0.15, 0.2) is 48.8 Å². The molecule has 16 heteroatoms. The van der Waals surface area contributed by atoms with Gasteiger partial charge in [-0.25, -0.2) is 0 Å². The predicted octanol–water partition coefficient (Wildman–Crippen LogP) is 6.30. The fourth-order valence-electron chi connectivity index (χ4n) is 11.0. The number of amides is 2. The van der Waals surface area contributed by atoms with Crippen LogP contribution < -0.4 is 9.80 Å². The molecule has 0 N–H and O–H groups in total. The lowest BCUT2D eigenvalue weighted by Crippen LogP contribution is -2.35. The van der Waals surface area contributed by atoms with Crippen molar-refractivity contribution in [2.75, 3.05) is 62.4 Å². The zero-order chi connectivity index (χ0) is 45.4. The summed E-state index contributed by atoms with van der Waals surface area (Å²) in [5, 5.41) is 19.1. The van der Waals surface area contributed by atoms with Crippen LogP contribution in [0, 0.1) is 13.8 Å². The minimum atomic E-state index is 0.127. The molecule has 2 fully saturated rings. The molecule has 344 valence electrons. The van der Waals surface area contributed by atoms with Crippen LogP contribution in [0.1, 0.15) is 83.8 Å². The smallest absolute Gasteiger partial charge is 0.219 e. The van der Waals surface area contributed by atoms with Gasteiger partial charge >= 0.3 is 0 Å². The molecule has 6 aromatic rings. The Morgan fingerprint density at radius 1 is 0.606 bits per heavy atom. The Hall–Kier alpha value is -6.26. The van der Waals surface area contributed by atoms with Gasteiger partial charge in [0.15, 0.2) is 11.6 Å². The number of hydrogen-bond donors (Lipinski definition) is 0. The highest BCUT2D eigenvalue weighted by Gasteiger charge is 2.36. The Morgan fingerprint density at radius 3 is 1.41 bits per heavy atom. The zero-order valence-electron chi connectivity index (χ0n) is 39.1. The van der Waals surface area contributed by atoms with E-state index in [9.17, 15) is 9.59 Å². The molecule has 10 heterocycles. The molecule has 0 saturated carbocycles. The van der Waals surface area contributed by atoms with E-state index in [1.807, 2.05) is 45.7 Å². The number of nitrogens with zero attached hydrogens (tertiary/aromatic N) is 12. The van der Waals surface area contributed by atoms with Crippen LogP contribution in [0.3, 0.4) is 0 Å². The molecule has 0 unspecified atom stereocenters. The molecule has 0 radical (unpaired) electrons. The lowest BCUT2D eigenvalue weighted by molar-refractivity contribution is -0.130. The summed E-state index contributed by atoms with van der Waals surface area (Å²) in [6, 6.07) is 14.0. The average Bonchev–Trinajstić information content (AvgIpc) is 4.19. The van der Waals surface area contributed by atoms with Crippen molar-refractivity contribution in [3.05, 3.63) is 93.8 Å². The van der Waals surface area contributed by atoms with E-state index in [0.29, 0.717) is 26.3 Å². The predicted molar refractivity (Wildman–Crippen MR) is 251 cm³/mol. The molecule has 0 bridgehead atoms. The number of carbonyl (C=O) groups is 2. The van der Waals surface area contributed by atoms with Crippen molar-refractivity contribution in [1.29, 1.82) is 0 Å². The second-order valence-electron chi connectivity index (χ2n) is 18.8. The van der Waals surface area contributed by atoms with Gasteiger partial charge in [0.25, 0.3) is 0 Å². The number of ether oxygens (including phenoxy) is 2. The van der Waals surface area contributed by atoms with E-state index < -0.39 is 0 Å². The van der Waals surface area contributed by atoms with Gasteiger partial charge < -0.3 is 29.1 Å². The molecule has 4 aromatic heterocycles. The first-order valence-corrected chi connectivity index (χ1v) is 23.7. The fraction of sp³-hybridized carbons (Fsp3) is 0.480. The highest BCUT2D eigenvalue weighted by Crippen LogP contribution is 2.43. The third-order valence-electron chi connectivity index (χ3n) is 15.1. The van der Waals surface area contributed by atoms with Gasteiger partial charge in [-0.3, -0.25) is 28.3 Å². The van der Waals surface area contributed by atoms with Crippen LogP contribution in [0.5, 0.6) is 0 Å². The van der Waals surface area contributed by atoms with Crippen molar-refractivity contribution >= 4 is 34.8 Å². The normalized spacial score (nSPS) is 19.8. The third-order valence-corrected chi connectivity index (χ3v) is 15.1. The van der Waals surface area contributed by atoms with Crippen molar-refractivity contribution < 1.29 is 19.1 Å². The number of aryl methyl sites for hydroxylation is 2. The van der Waals surface area contributed by atoms with Crippen LogP contribution in [0.25, 0.3) is 22.3 Å². The molecule has 66 heavy (non-hydrogen) atoms. The highest BCUT2D eigenvalue weighted by atomic mass is 16.5. The Kier molecular flexibility index (Phi) is 10.8. The van der Waals surface area contributed by atoms with Crippen LogP contribution in [-0.4, -0.2) is 113 Å². The Morgan fingerprint density at radius 2 is 1.05 bits per heavy atom. The lowest BCUT2D eigenvalue weighted by atomic mass is 10.0. The highest BCUT2D eigenvalue weighted by molar-refractivity contribution is 5.79. The minimum Gasteiger partial charge on any atom is -0.379 e. The summed E-state index contributed by atoms with van der Waals surface area (Å²) in [4.78, 5) is 32.9. The lowest BCUT2D eigenvalue weighted by Gasteiger charge is -2.28. The summed E-state index contributed by atoms with van der Waals surface area (Å²) in [6.45, 7) is 15.1. The van der Waals surface area contributed by atoms with E-state index in [4.69, 9.17) is 19.7 Å². The van der Waals surface area contributed by atoms with Crippen LogP contribution >= 0.6 is 0 Å². The maximum absolute atomic E-state index is 12.2. The van der Waals surface area contributed by atoms with E-state index in [2.05, 4.69) is 79.6 Å². The van der Waals surface area contributed by atoms with Crippen molar-refractivity contribution in [1.82, 2.24) is 48.9 Å². The molecule has 6 aliphatic rings. The number of benzene rings is 2. The standard InChI is InChI=1S/2C25H30N6O2/c2*1-16-21(13-26-28(16)3)18-4-5-23-19(12-18)6-10-30(23)25-22-14-29(17(2)32)9-7-24(22)31(27-25)20-8-11-33-15-20/h2*4-5,12-13,20H,6-11,14-15H2,1-3H3/t2*20-/m10/s1. The van der Waals surface area contributed by atoms with Gasteiger partial charge in [-0.1, -0.05) is 12.1 Å². The molecule has 12 rings (SSSR count). The molecule has 0 aliphatic carbocycles. The number of rotatable bonds is 6. The fourth-order valence-corrected chi connectivity index (χ4v) is 11.0. The Balaban J connectivity index is 0.000000146. The number of aromatic nitrogens is 8. The topological polar surface area (TPSA) is 137 Å². The summed E-state index contributed by atoms with van der Waals surface area (Å²) < 4.78 is 19.6. The van der Waals surface area contributed by atoms with Crippen molar-refractivity contribution in [2.45, 2.75) is 91.4 Å². The van der Waals surface area contributed by atoms with E-state index in [1.165, 1.54) is 78.7 Å². The molecule has 2 atom stereocenters. The summed E-state index contributed by atoms with van der Waals surface area (Å²) in [5.41, 5.74) is 17.2. The first-order valence-electron chi connectivity index (χ1n) is 23.7. The molecule has 6 aliphatic heterocycles. The van der Waals surface area contributed by atoms with E-state index in [-0.39, 0.29) is 23.9 Å². The van der Waals surface area contributed by atoms with Crippen molar-refractivity contribution in [2.24, 2.45) is 14.1 Å². The quantitative estimate of drug-likeness (QED) is 0.187. The summed E-state index contributed by atoms with van der Waals surface area (Å²) >= 11 is 0. The van der Waals surface area contributed by atoms with E-state index in [0.717, 1.165) is 89.6 Å². The van der Waals surface area contributed by atoms with Gasteiger partial charge in [0.05, 0.1) is 50.8 Å². The van der Waals surface area contributed by atoms with Gasteiger partial charge in [-0.15, -0.1) is 0 Å². The largest absolute Gasteiger partial charge is 0.379 e. The first-order chi connectivity index (χ1) is 32.0. The third kappa shape index (κ3) is 7.28. The maximum Gasteiger partial charge on any atom is 0.219 e. The van der Waals surface area contributed by atoms with E-state index >= 15 is 0 Å². The SMILES string of the molecule is CC(=O)N1CCc2c(c(N3CCc4cc(-c5cnn(C)c5C)ccc43)nn2[C@@H]2CCOC2)C1.CC(=O)N1CCc2c(c(N3CCc4cc(-c5cnn(C)c5C)ccc43)nn2[C@H]2CCOC2)C1. The van der Waals surface area contributed by atoms with Gasteiger partial charge in [-0.05, 0) is 86.1 Å². The molecule has 2 aromatic carbocycles. The second-order valence-corrected chi connectivity index (χ2v) is 18.8. The van der Waals surface area contributed by atoms with Gasteiger partial charge in [0.1, 0.15) is 0 Å². The summed E-state index contributed by atoms with van der Waals surface area (Å²) in [7, 11) is 3.96. The Labute approximate surface area is 385 Å². The molecule has 2 amide bonds. The van der Waals surface area contributed by atoms with Gasteiger partial charge in [0, 0.05) is 137 Å². The summed E-state index contributed by atoms with van der Waals surface area (Å²) in [6.07, 6.45) is 9.53. The molecular weight excluding hydrogens is 833 g/mol. The van der Waals surface area contributed by atoms with Gasteiger partial charge in [-0.2, -0.15) is 20.4 Å². The zero-order valence-corrected chi connectivity index (χ0v) is 39.1. The number of carbonyl (C=O) groups excluding carboxylic acids is 2. The average molecular weight is 893 g/mol. The molecular formula is C50H60N12O4. The summed E-state index contributed by atoms with van der Waals surface area (Å²) in [5.74, 6) is 2.27. The number of fused-ring (bicyclic) bond motifs is 4.